The lowest BCUT2D eigenvalue weighted by Crippen LogP contribution is -2.46. The summed E-state index contributed by atoms with van der Waals surface area (Å²) in [4.78, 5) is 13.5. The highest BCUT2D eigenvalue weighted by atomic mass is 32.2. The van der Waals surface area contributed by atoms with Crippen LogP contribution in [0.25, 0.3) is 5.69 Å². The molecule has 3 rings (SSSR count). The van der Waals surface area contributed by atoms with Crippen molar-refractivity contribution in [2.24, 2.45) is 5.92 Å². The molecule has 0 spiro atoms. The van der Waals surface area contributed by atoms with Crippen LogP contribution in [0.4, 0.5) is 13.2 Å². The number of nitrogens with zero attached hydrogens (tertiary/aromatic N) is 5. The lowest BCUT2D eigenvalue weighted by atomic mass is 10.1. The van der Waals surface area contributed by atoms with E-state index in [1.165, 1.54) is 4.68 Å². The summed E-state index contributed by atoms with van der Waals surface area (Å²) in [6.45, 7) is 4.36. The number of aromatic nitrogens is 4. The van der Waals surface area contributed by atoms with Crippen LogP contribution >= 0.6 is 11.8 Å². The number of alkyl halides is 3. The van der Waals surface area contributed by atoms with E-state index in [9.17, 15) is 18.0 Å². The molecule has 0 aliphatic heterocycles. The molecular formula is C18H22F3N5OS. The molecule has 1 heterocycles. The molecule has 2 aromatic rings. The number of tetrazole rings is 1. The summed E-state index contributed by atoms with van der Waals surface area (Å²) in [5.41, 5.74) is 2.83. The first-order valence-corrected chi connectivity index (χ1v) is 10.00. The van der Waals surface area contributed by atoms with Crippen molar-refractivity contribution >= 4 is 17.7 Å². The maximum atomic E-state index is 13.0. The van der Waals surface area contributed by atoms with E-state index >= 15 is 0 Å². The molecule has 1 saturated carbocycles. The van der Waals surface area contributed by atoms with Gasteiger partial charge in [-0.3, -0.25) is 4.79 Å². The largest absolute Gasteiger partial charge is 0.406 e. The third-order valence-electron chi connectivity index (χ3n) is 5.04. The predicted molar refractivity (Wildman–Crippen MR) is 99.3 cm³/mol. The van der Waals surface area contributed by atoms with E-state index in [4.69, 9.17) is 0 Å². The second-order valence-corrected chi connectivity index (χ2v) is 8.04. The second-order valence-electron chi connectivity index (χ2n) is 7.10. The maximum absolute atomic E-state index is 13.0. The molecule has 1 aliphatic rings. The smallest absolute Gasteiger partial charge is 0.330 e. The van der Waals surface area contributed by atoms with Gasteiger partial charge in [0, 0.05) is 6.04 Å². The van der Waals surface area contributed by atoms with Gasteiger partial charge in [0.1, 0.15) is 6.54 Å². The molecule has 1 fully saturated rings. The molecule has 6 nitrogen and oxygen atoms in total. The average Bonchev–Trinajstić information content (AvgIpc) is 3.37. The molecule has 0 saturated heterocycles. The van der Waals surface area contributed by atoms with Crippen molar-refractivity contribution in [1.82, 2.24) is 25.1 Å². The fraction of sp³-hybridized carbons (Fsp3) is 0.556. The Bertz CT molecular complexity index is 850. The number of carbonyl (C=O) groups excluding carboxylic acids is 1. The summed E-state index contributed by atoms with van der Waals surface area (Å²) in [7, 11) is 0. The zero-order valence-electron chi connectivity index (χ0n) is 15.9. The van der Waals surface area contributed by atoms with E-state index in [0.29, 0.717) is 5.16 Å². The van der Waals surface area contributed by atoms with Gasteiger partial charge in [0.2, 0.25) is 11.1 Å². The van der Waals surface area contributed by atoms with Crippen LogP contribution < -0.4 is 0 Å². The van der Waals surface area contributed by atoms with Crippen molar-refractivity contribution in [2.45, 2.75) is 51.0 Å². The van der Waals surface area contributed by atoms with Gasteiger partial charge < -0.3 is 4.90 Å². The van der Waals surface area contributed by atoms with Crippen molar-refractivity contribution in [1.29, 1.82) is 0 Å². The van der Waals surface area contributed by atoms with Crippen molar-refractivity contribution in [3.8, 4) is 5.69 Å². The molecule has 1 aromatic heterocycles. The molecule has 10 heteroatoms. The van der Waals surface area contributed by atoms with Crippen molar-refractivity contribution in [2.75, 3.05) is 12.3 Å². The number of hydrogen-bond acceptors (Lipinski definition) is 5. The van der Waals surface area contributed by atoms with E-state index < -0.39 is 24.7 Å². The Balaban J connectivity index is 1.73. The summed E-state index contributed by atoms with van der Waals surface area (Å²) in [5, 5.41) is 11.9. The maximum Gasteiger partial charge on any atom is 0.406 e. The van der Waals surface area contributed by atoms with Crippen molar-refractivity contribution in [3.05, 3.63) is 29.3 Å². The Labute approximate surface area is 165 Å². The van der Waals surface area contributed by atoms with Gasteiger partial charge in [-0.25, -0.2) is 0 Å². The van der Waals surface area contributed by atoms with Gasteiger partial charge in [0.25, 0.3) is 0 Å². The topological polar surface area (TPSA) is 63.9 Å². The number of hydrogen-bond donors (Lipinski definition) is 0. The highest BCUT2D eigenvalue weighted by molar-refractivity contribution is 7.99. The van der Waals surface area contributed by atoms with Gasteiger partial charge in [-0.05, 0) is 67.2 Å². The van der Waals surface area contributed by atoms with E-state index in [0.717, 1.165) is 46.3 Å². The SMILES string of the molecule is Cc1cccc(-n2nnnc2SCC(=O)N(CC(F)(F)F)[C@H](C)C2CC2)c1C. The van der Waals surface area contributed by atoms with Crippen LogP contribution in [-0.4, -0.2) is 55.5 Å². The predicted octanol–water partition coefficient (Wildman–Crippen LogP) is 3.56. The minimum Gasteiger partial charge on any atom is -0.330 e. The van der Waals surface area contributed by atoms with Gasteiger partial charge in [-0.15, -0.1) is 5.10 Å². The summed E-state index contributed by atoms with van der Waals surface area (Å²) in [6.07, 6.45) is -2.70. The molecule has 152 valence electrons. The molecule has 1 aromatic carbocycles. The van der Waals surface area contributed by atoms with Gasteiger partial charge in [-0.2, -0.15) is 17.9 Å². The van der Waals surface area contributed by atoms with E-state index in [-0.39, 0.29) is 11.7 Å². The number of rotatable bonds is 7. The van der Waals surface area contributed by atoms with Crippen LogP contribution in [0.1, 0.15) is 30.9 Å². The molecule has 0 radical (unpaired) electrons. The standard InChI is InChI=1S/C18H22F3N5OS/c1-11-5-4-6-15(12(11)2)26-17(22-23-24-26)28-9-16(27)25(10-18(19,20)21)13(3)14-7-8-14/h4-6,13-14H,7-10H2,1-3H3/t13-/m1/s1. The normalized spacial score (nSPS) is 15.5. The lowest BCUT2D eigenvalue weighted by Gasteiger charge is -2.30. The molecule has 1 amide bonds. The van der Waals surface area contributed by atoms with Crippen LogP contribution in [0.15, 0.2) is 23.4 Å². The molecular weight excluding hydrogens is 391 g/mol. The summed E-state index contributed by atoms with van der Waals surface area (Å²) in [6, 6.07) is 5.27. The van der Waals surface area contributed by atoms with E-state index in [1.807, 2.05) is 32.0 Å². The van der Waals surface area contributed by atoms with E-state index in [2.05, 4.69) is 15.5 Å². The molecule has 1 aliphatic carbocycles. The fourth-order valence-corrected chi connectivity index (χ4v) is 3.85. The van der Waals surface area contributed by atoms with Crippen LogP contribution in [-0.2, 0) is 4.79 Å². The monoisotopic (exact) mass is 413 g/mol. The molecule has 1 atom stereocenters. The van der Waals surface area contributed by atoms with Gasteiger partial charge in [0.05, 0.1) is 11.4 Å². The number of aryl methyl sites for hydroxylation is 1. The minimum atomic E-state index is -4.43. The fourth-order valence-electron chi connectivity index (χ4n) is 3.08. The average molecular weight is 413 g/mol. The Morgan fingerprint density at radius 2 is 2.07 bits per heavy atom. The zero-order chi connectivity index (χ0) is 20.5. The zero-order valence-corrected chi connectivity index (χ0v) is 16.7. The van der Waals surface area contributed by atoms with Gasteiger partial charge in [-0.1, -0.05) is 23.9 Å². The molecule has 28 heavy (non-hydrogen) atoms. The van der Waals surface area contributed by atoms with E-state index in [1.54, 1.807) is 6.92 Å². The second kappa shape index (κ2) is 8.10. The van der Waals surface area contributed by atoms with Crippen molar-refractivity contribution < 1.29 is 18.0 Å². The van der Waals surface area contributed by atoms with Gasteiger partial charge >= 0.3 is 6.18 Å². The molecule has 0 bridgehead atoms. The number of thioether (sulfide) groups is 1. The quantitative estimate of drug-likeness (QED) is 0.650. The first-order valence-electron chi connectivity index (χ1n) is 9.01. The van der Waals surface area contributed by atoms with Crippen LogP contribution in [0.5, 0.6) is 0 Å². The minimum absolute atomic E-state index is 0.150. The summed E-state index contributed by atoms with van der Waals surface area (Å²) >= 11 is 1.04. The molecule has 0 N–H and O–H groups in total. The number of halogens is 3. The third-order valence-corrected chi connectivity index (χ3v) is 5.94. The van der Waals surface area contributed by atoms with Crippen LogP contribution in [0, 0.1) is 19.8 Å². The summed E-state index contributed by atoms with van der Waals surface area (Å²) < 4.78 is 40.4. The Hall–Kier alpha value is -2.10. The molecule has 0 unspecified atom stereocenters. The summed E-state index contributed by atoms with van der Waals surface area (Å²) in [5.74, 6) is -0.563. The number of benzene rings is 1. The highest BCUT2D eigenvalue weighted by Gasteiger charge is 2.40. The first kappa shape index (κ1) is 20.6. The Morgan fingerprint density at radius 3 is 2.71 bits per heavy atom. The Morgan fingerprint density at radius 1 is 1.36 bits per heavy atom. The number of amides is 1. The van der Waals surface area contributed by atoms with Crippen molar-refractivity contribution in [3.63, 3.8) is 0 Å². The first-order chi connectivity index (χ1) is 13.2. The number of carbonyl (C=O) groups is 1. The van der Waals surface area contributed by atoms with Crippen LogP contribution in [0.3, 0.4) is 0 Å². The third kappa shape index (κ3) is 4.84. The van der Waals surface area contributed by atoms with Gasteiger partial charge in [0.15, 0.2) is 0 Å². The van der Waals surface area contributed by atoms with Crippen LogP contribution in [0.2, 0.25) is 0 Å². The lowest BCUT2D eigenvalue weighted by molar-refractivity contribution is -0.164. The Kier molecular flexibility index (Phi) is 5.97. The highest BCUT2D eigenvalue weighted by Crippen LogP contribution is 2.36.